The van der Waals surface area contributed by atoms with E-state index >= 15 is 0 Å². The van der Waals surface area contributed by atoms with Crippen molar-refractivity contribution in [3.8, 4) is 0 Å². The van der Waals surface area contributed by atoms with Gasteiger partial charge in [0.2, 0.25) is 0 Å². The predicted octanol–water partition coefficient (Wildman–Crippen LogP) is 2.90. The fourth-order valence-corrected chi connectivity index (χ4v) is 1.82. The maximum Gasteiger partial charge on any atom is 0.510 e. The summed E-state index contributed by atoms with van der Waals surface area (Å²) in [6.07, 6.45) is 3.13. The molecule has 0 aliphatic carbocycles. The van der Waals surface area contributed by atoms with E-state index in [-0.39, 0.29) is 13.6 Å². The Morgan fingerprint density at radius 3 is 2.65 bits per heavy atom. The van der Waals surface area contributed by atoms with E-state index in [1.165, 1.54) is 0 Å². The van der Waals surface area contributed by atoms with Crippen LogP contribution >= 0.6 is 21.6 Å². The van der Waals surface area contributed by atoms with Gasteiger partial charge in [-0.15, -0.1) is 0 Å². The van der Waals surface area contributed by atoms with Crippen molar-refractivity contribution in [1.82, 2.24) is 0 Å². The fraction of sp³-hybridized carbons (Fsp3) is 0.900. The third-order valence-electron chi connectivity index (χ3n) is 1.57. The van der Waals surface area contributed by atoms with Crippen molar-refractivity contribution in [3.05, 3.63) is 0 Å². The van der Waals surface area contributed by atoms with E-state index in [4.69, 9.17) is 14.2 Å². The molecule has 0 aliphatic heterocycles. The van der Waals surface area contributed by atoms with E-state index in [0.717, 1.165) is 18.6 Å². The fourth-order valence-electron chi connectivity index (χ4n) is 0.759. The number of carbonyl (C=O) groups excluding carboxylic acids is 1. The van der Waals surface area contributed by atoms with Crippen LogP contribution in [0.2, 0.25) is 0 Å². The molecule has 17 heavy (non-hydrogen) atoms. The Kier molecular flexibility index (Phi) is 13.9. The van der Waals surface area contributed by atoms with Crippen LogP contribution in [0.25, 0.3) is 0 Å². The minimum absolute atomic E-state index is 0.122. The number of hydrogen-bond acceptors (Lipinski definition) is 7. The second-order valence-corrected chi connectivity index (χ2v) is 5.62. The lowest BCUT2D eigenvalue weighted by atomic mass is 10.4. The van der Waals surface area contributed by atoms with Crippen molar-refractivity contribution in [2.24, 2.45) is 0 Å². The third-order valence-corrected chi connectivity index (χ3v) is 3.35. The first-order chi connectivity index (χ1) is 8.31. The van der Waals surface area contributed by atoms with Gasteiger partial charge in [0.05, 0.1) is 13.2 Å². The summed E-state index contributed by atoms with van der Waals surface area (Å²) in [4.78, 5) is 10.9. The van der Waals surface area contributed by atoms with Crippen LogP contribution in [-0.2, 0) is 18.9 Å². The zero-order valence-corrected chi connectivity index (χ0v) is 11.9. The molecule has 7 heteroatoms. The summed E-state index contributed by atoms with van der Waals surface area (Å²) in [5.74, 6) is 0.907. The topological polar surface area (TPSA) is 54.0 Å². The first kappa shape index (κ1) is 16.9. The smallest absolute Gasteiger partial charge is 0.434 e. The van der Waals surface area contributed by atoms with Crippen LogP contribution in [0, 0.1) is 0 Å². The van der Waals surface area contributed by atoms with Crippen LogP contribution < -0.4 is 0 Å². The highest BCUT2D eigenvalue weighted by molar-refractivity contribution is 8.76. The van der Waals surface area contributed by atoms with Crippen LogP contribution in [0.15, 0.2) is 0 Å². The molecule has 0 saturated carbocycles. The molecule has 5 nitrogen and oxygen atoms in total. The third kappa shape index (κ3) is 13.8. The largest absolute Gasteiger partial charge is 0.510 e. The van der Waals surface area contributed by atoms with Crippen LogP contribution in [0.3, 0.4) is 0 Å². The average Bonchev–Trinajstić information content (AvgIpc) is 2.33. The molecule has 0 saturated heterocycles. The summed E-state index contributed by atoms with van der Waals surface area (Å²) in [6.45, 7) is 3.01. The summed E-state index contributed by atoms with van der Waals surface area (Å²) >= 11 is 0. The Morgan fingerprint density at radius 2 is 1.94 bits per heavy atom. The molecule has 0 fully saturated rings. The Balaban J connectivity index is 3.08. The number of ether oxygens (including phenoxy) is 4. The predicted molar refractivity (Wildman–Crippen MR) is 70.1 cm³/mol. The quantitative estimate of drug-likeness (QED) is 0.250. The van der Waals surface area contributed by atoms with E-state index in [0.29, 0.717) is 13.2 Å². The molecule has 0 heterocycles. The molecule has 0 aromatic rings. The van der Waals surface area contributed by atoms with Gasteiger partial charge in [0, 0.05) is 5.75 Å². The Bertz CT molecular complexity index is 180. The molecular weight excluding hydrogens is 264 g/mol. The van der Waals surface area contributed by atoms with Gasteiger partial charge in [0.15, 0.2) is 13.6 Å². The maximum atomic E-state index is 10.9. The van der Waals surface area contributed by atoms with E-state index < -0.39 is 6.16 Å². The molecule has 0 spiro atoms. The van der Waals surface area contributed by atoms with E-state index in [1.54, 1.807) is 21.6 Å². The van der Waals surface area contributed by atoms with Crippen molar-refractivity contribution in [1.29, 1.82) is 0 Å². The first-order valence-electron chi connectivity index (χ1n) is 5.42. The molecule has 0 aromatic heterocycles. The number of hydrogen-bond donors (Lipinski definition) is 0. The lowest BCUT2D eigenvalue weighted by molar-refractivity contribution is -0.117. The molecule has 102 valence electrons. The minimum atomic E-state index is -0.698. The summed E-state index contributed by atoms with van der Waals surface area (Å²) in [5, 5.41) is 0. The minimum Gasteiger partial charge on any atom is -0.434 e. The van der Waals surface area contributed by atoms with E-state index in [9.17, 15) is 4.79 Å². The monoisotopic (exact) mass is 284 g/mol. The second kappa shape index (κ2) is 14.0. The number of rotatable bonds is 11. The molecule has 0 amide bonds. The summed E-state index contributed by atoms with van der Waals surface area (Å²) in [6, 6.07) is 0. The first-order valence-corrected chi connectivity index (χ1v) is 8.14. The second-order valence-electron chi connectivity index (χ2n) is 2.93. The highest BCUT2D eigenvalue weighted by atomic mass is 33.1. The lowest BCUT2D eigenvalue weighted by Crippen LogP contribution is -2.12. The van der Waals surface area contributed by atoms with Gasteiger partial charge < -0.3 is 18.9 Å². The van der Waals surface area contributed by atoms with Gasteiger partial charge in [-0.1, -0.05) is 34.9 Å². The van der Waals surface area contributed by atoms with E-state index in [1.807, 2.05) is 13.2 Å². The molecule has 0 bridgehead atoms. The Labute approximate surface area is 110 Å². The highest BCUT2D eigenvalue weighted by Crippen LogP contribution is 2.15. The standard InChI is InChI=1S/C10H20O5S2/c1-3-4-5-14-10(11)15-9-13-8-12-6-7-17-16-2/h3-9H2,1-2H3. The summed E-state index contributed by atoms with van der Waals surface area (Å²) in [5.41, 5.74) is 0. The molecule has 0 atom stereocenters. The number of carbonyl (C=O) groups is 1. The van der Waals surface area contributed by atoms with E-state index in [2.05, 4.69) is 4.74 Å². The van der Waals surface area contributed by atoms with Gasteiger partial charge in [0.25, 0.3) is 0 Å². The van der Waals surface area contributed by atoms with Crippen LogP contribution in [0.4, 0.5) is 4.79 Å². The molecule has 0 aliphatic rings. The van der Waals surface area contributed by atoms with Gasteiger partial charge in [-0.2, -0.15) is 0 Å². The van der Waals surface area contributed by atoms with Crippen LogP contribution in [-0.4, -0.2) is 45.0 Å². The highest BCUT2D eigenvalue weighted by Gasteiger charge is 2.02. The van der Waals surface area contributed by atoms with Gasteiger partial charge in [-0.3, -0.25) is 0 Å². The van der Waals surface area contributed by atoms with Crippen LogP contribution in [0.1, 0.15) is 19.8 Å². The van der Waals surface area contributed by atoms with Crippen molar-refractivity contribution >= 4 is 27.7 Å². The van der Waals surface area contributed by atoms with Crippen molar-refractivity contribution < 1.29 is 23.7 Å². The Hall–Kier alpha value is -0.110. The average molecular weight is 284 g/mol. The van der Waals surface area contributed by atoms with Crippen molar-refractivity contribution in [2.75, 3.05) is 38.8 Å². The maximum absolute atomic E-state index is 10.9. The summed E-state index contributed by atoms with van der Waals surface area (Å²) in [7, 11) is 3.41. The molecular formula is C10H20O5S2. The van der Waals surface area contributed by atoms with Crippen molar-refractivity contribution in [2.45, 2.75) is 19.8 Å². The zero-order chi connectivity index (χ0) is 12.8. The normalized spacial score (nSPS) is 10.2. The molecule has 0 radical (unpaired) electrons. The molecule has 0 rings (SSSR count). The molecule has 0 aromatic carbocycles. The Morgan fingerprint density at radius 1 is 1.12 bits per heavy atom. The van der Waals surface area contributed by atoms with Gasteiger partial charge in [-0.25, -0.2) is 4.79 Å². The van der Waals surface area contributed by atoms with Crippen molar-refractivity contribution in [3.63, 3.8) is 0 Å². The zero-order valence-electron chi connectivity index (χ0n) is 10.3. The number of unbranched alkanes of at least 4 members (excludes halogenated alkanes) is 1. The van der Waals surface area contributed by atoms with Gasteiger partial charge in [-0.05, 0) is 12.7 Å². The lowest BCUT2D eigenvalue weighted by Gasteiger charge is -2.07. The van der Waals surface area contributed by atoms with Gasteiger partial charge >= 0.3 is 6.16 Å². The summed E-state index contributed by atoms with van der Waals surface area (Å²) < 4.78 is 19.5. The molecule has 0 unspecified atom stereocenters. The molecule has 0 N–H and O–H groups in total. The van der Waals surface area contributed by atoms with Gasteiger partial charge in [0.1, 0.15) is 0 Å². The van der Waals surface area contributed by atoms with Crippen LogP contribution in [0.5, 0.6) is 0 Å². The SMILES string of the molecule is CCCCOC(=O)OCOCOCCSSC.